The molecular weight excluding hydrogens is 334 g/mol. The lowest BCUT2D eigenvalue weighted by atomic mass is 9.94. The van der Waals surface area contributed by atoms with Crippen molar-refractivity contribution in [1.29, 1.82) is 0 Å². The zero-order chi connectivity index (χ0) is 11.9. The minimum absolute atomic E-state index is 0.00873. The highest BCUT2D eigenvalue weighted by atomic mass is 79.9. The Hall–Kier alpha value is 0.380. The first-order valence-corrected chi connectivity index (χ1v) is 8.34. The molecule has 1 fully saturated rings. The molecule has 0 aliphatic heterocycles. The third kappa shape index (κ3) is 2.61. The molecule has 0 spiro atoms. The monoisotopic (exact) mass is 343 g/mol. The standard InChI is InChI=1S/C9H11BrClNO2S2/c1-5-8(4-9(10)15-5)16(13,14)12-7-2-6(11)3-7/h4,6-7,12H,2-3H2,1H3. The fourth-order valence-electron chi connectivity index (χ4n) is 1.63. The van der Waals surface area contributed by atoms with Gasteiger partial charge in [0.05, 0.1) is 8.68 Å². The molecule has 7 heteroatoms. The van der Waals surface area contributed by atoms with E-state index < -0.39 is 10.0 Å². The van der Waals surface area contributed by atoms with E-state index in [4.69, 9.17) is 11.6 Å². The van der Waals surface area contributed by atoms with Crippen LogP contribution < -0.4 is 4.72 Å². The second-order valence-electron chi connectivity index (χ2n) is 3.86. The average Bonchev–Trinajstić information content (AvgIpc) is 2.43. The summed E-state index contributed by atoms with van der Waals surface area (Å²) in [6, 6.07) is 1.63. The van der Waals surface area contributed by atoms with Crippen molar-refractivity contribution in [2.45, 2.75) is 36.1 Å². The minimum atomic E-state index is -3.38. The summed E-state index contributed by atoms with van der Waals surface area (Å²) in [5.41, 5.74) is 0. The van der Waals surface area contributed by atoms with Crippen molar-refractivity contribution in [3.63, 3.8) is 0 Å². The minimum Gasteiger partial charge on any atom is -0.208 e. The van der Waals surface area contributed by atoms with Gasteiger partial charge in [-0.2, -0.15) is 0 Å². The van der Waals surface area contributed by atoms with Crippen LogP contribution in [-0.2, 0) is 10.0 Å². The zero-order valence-electron chi connectivity index (χ0n) is 8.54. The second kappa shape index (κ2) is 4.57. The maximum absolute atomic E-state index is 12.0. The molecule has 2 rings (SSSR count). The Morgan fingerprint density at radius 1 is 1.56 bits per heavy atom. The fourth-order valence-corrected chi connectivity index (χ4v) is 5.73. The zero-order valence-corrected chi connectivity index (χ0v) is 12.5. The normalized spacial score (nSPS) is 25.4. The van der Waals surface area contributed by atoms with Crippen molar-refractivity contribution in [3.05, 3.63) is 14.7 Å². The lowest BCUT2D eigenvalue weighted by Crippen LogP contribution is -2.44. The molecule has 1 saturated carbocycles. The van der Waals surface area contributed by atoms with E-state index >= 15 is 0 Å². The van der Waals surface area contributed by atoms with Gasteiger partial charge in [0.1, 0.15) is 0 Å². The smallest absolute Gasteiger partial charge is 0.208 e. The predicted octanol–water partition coefficient (Wildman–Crippen LogP) is 2.87. The van der Waals surface area contributed by atoms with Crippen LogP contribution in [0.2, 0.25) is 0 Å². The van der Waals surface area contributed by atoms with Crippen molar-refractivity contribution in [3.8, 4) is 0 Å². The van der Waals surface area contributed by atoms with E-state index in [2.05, 4.69) is 20.7 Å². The van der Waals surface area contributed by atoms with E-state index in [-0.39, 0.29) is 11.4 Å². The largest absolute Gasteiger partial charge is 0.241 e. The number of thiophene rings is 1. The Bertz CT molecular complexity index is 494. The number of nitrogens with one attached hydrogen (secondary N) is 1. The molecule has 1 aromatic rings. The summed E-state index contributed by atoms with van der Waals surface area (Å²) >= 11 is 10.5. The fraction of sp³-hybridized carbons (Fsp3) is 0.556. The van der Waals surface area contributed by atoms with Gasteiger partial charge in [0.2, 0.25) is 10.0 Å². The van der Waals surface area contributed by atoms with Crippen LogP contribution in [0, 0.1) is 6.92 Å². The highest BCUT2D eigenvalue weighted by molar-refractivity contribution is 9.11. The maximum atomic E-state index is 12.0. The summed E-state index contributed by atoms with van der Waals surface area (Å²) in [6.07, 6.45) is 1.43. The molecule has 0 unspecified atom stereocenters. The highest BCUT2D eigenvalue weighted by Gasteiger charge is 2.32. The van der Waals surface area contributed by atoms with Gasteiger partial charge in [0.15, 0.2) is 0 Å². The van der Waals surface area contributed by atoms with Crippen LogP contribution in [0.1, 0.15) is 17.7 Å². The topological polar surface area (TPSA) is 46.2 Å². The van der Waals surface area contributed by atoms with Gasteiger partial charge in [-0.3, -0.25) is 0 Å². The molecule has 1 aliphatic rings. The Labute approximate surface area is 112 Å². The molecule has 0 radical (unpaired) electrons. The van der Waals surface area contributed by atoms with Gasteiger partial charge >= 0.3 is 0 Å². The third-order valence-corrected chi connectivity index (χ3v) is 6.22. The van der Waals surface area contributed by atoms with Crippen molar-refractivity contribution in [2.75, 3.05) is 0 Å². The van der Waals surface area contributed by atoms with Gasteiger partial charge < -0.3 is 0 Å². The number of halogens is 2. The predicted molar refractivity (Wildman–Crippen MR) is 69.7 cm³/mol. The van der Waals surface area contributed by atoms with Crippen LogP contribution in [0.15, 0.2) is 14.7 Å². The summed E-state index contributed by atoms with van der Waals surface area (Å²) < 4.78 is 27.5. The molecule has 1 N–H and O–H groups in total. The van der Waals surface area contributed by atoms with Crippen molar-refractivity contribution >= 4 is 48.9 Å². The number of hydrogen-bond donors (Lipinski definition) is 1. The Balaban J connectivity index is 2.16. The molecule has 1 heterocycles. The van der Waals surface area contributed by atoms with E-state index in [1.807, 2.05) is 0 Å². The summed E-state index contributed by atoms with van der Waals surface area (Å²) in [5.74, 6) is 0. The first-order valence-electron chi connectivity index (χ1n) is 4.81. The molecule has 1 aromatic heterocycles. The quantitative estimate of drug-likeness (QED) is 0.857. The molecule has 3 nitrogen and oxygen atoms in total. The van der Waals surface area contributed by atoms with Crippen LogP contribution in [0.25, 0.3) is 0 Å². The molecule has 0 amide bonds. The van der Waals surface area contributed by atoms with Crippen molar-refractivity contribution in [1.82, 2.24) is 4.72 Å². The van der Waals surface area contributed by atoms with Gasteiger partial charge in [-0.05, 0) is 41.8 Å². The van der Waals surface area contributed by atoms with Crippen LogP contribution in [-0.4, -0.2) is 19.8 Å². The summed E-state index contributed by atoms with van der Waals surface area (Å²) in [4.78, 5) is 1.16. The molecule has 1 aliphatic carbocycles. The molecule has 0 aromatic carbocycles. The van der Waals surface area contributed by atoms with E-state index in [0.29, 0.717) is 17.7 Å². The molecule has 90 valence electrons. The first-order chi connectivity index (χ1) is 7.38. The molecule has 16 heavy (non-hydrogen) atoms. The Kier molecular flexibility index (Phi) is 3.66. The van der Waals surface area contributed by atoms with Gasteiger partial charge in [-0.15, -0.1) is 22.9 Å². The van der Waals surface area contributed by atoms with Crippen LogP contribution in [0.3, 0.4) is 0 Å². The van der Waals surface area contributed by atoms with Gasteiger partial charge in [-0.1, -0.05) is 0 Å². The van der Waals surface area contributed by atoms with Gasteiger partial charge in [0.25, 0.3) is 0 Å². The Morgan fingerprint density at radius 3 is 2.62 bits per heavy atom. The average molecular weight is 345 g/mol. The van der Waals surface area contributed by atoms with E-state index in [1.165, 1.54) is 11.3 Å². The van der Waals surface area contributed by atoms with E-state index in [0.717, 1.165) is 8.66 Å². The maximum Gasteiger partial charge on any atom is 0.241 e. The first kappa shape index (κ1) is 12.8. The highest BCUT2D eigenvalue weighted by Crippen LogP contribution is 2.31. The lowest BCUT2D eigenvalue weighted by molar-refractivity contribution is 0.391. The van der Waals surface area contributed by atoms with E-state index in [1.54, 1.807) is 13.0 Å². The molecule has 0 bridgehead atoms. The van der Waals surface area contributed by atoms with Crippen LogP contribution in [0.5, 0.6) is 0 Å². The van der Waals surface area contributed by atoms with Crippen LogP contribution >= 0.6 is 38.9 Å². The molecule has 0 atom stereocenters. The number of sulfonamides is 1. The SMILES string of the molecule is Cc1sc(Br)cc1S(=O)(=O)NC1CC(Cl)C1. The van der Waals surface area contributed by atoms with Crippen LogP contribution in [0.4, 0.5) is 0 Å². The summed E-state index contributed by atoms with van der Waals surface area (Å²) in [6.45, 7) is 1.80. The number of aryl methyl sites for hydroxylation is 1. The van der Waals surface area contributed by atoms with Crippen molar-refractivity contribution in [2.24, 2.45) is 0 Å². The Morgan fingerprint density at radius 2 is 2.19 bits per heavy atom. The second-order valence-corrected chi connectivity index (χ2v) is 8.79. The third-order valence-electron chi connectivity index (χ3n) is 2.53. The molecule has 0 saturated heterocycles. The van der Waals surface area contributed by atoms with Gasteiger partial charge in [-0.25, -0.2) is 13.1 Å². The number of alkyl halides is 1. The number of hydrogen-bond acceptors (Lipinski definition) is 3. The lowest BCUT2D eigenvalue weighted by Gasteiger charge is -2.31. The molecular formula is C9H11BrClNO2S2. The van der Waals surface area contributed by atoms with Gasteiger partial charge in [0, 0.05) is 16.3 Å². The van der Waals surface area contributed by atoms with Crippen molar-refractivity contribution < 1.29 is 8.42 Å². The van der Waals surface area contributed by atoms with E-state index in [9.17, 15) is 8.42 Å². The summed E-state index contributed by atoms with van der Waals surface area (Å²) in [7, 11) is -3.38. The number of rotatable bonds is 3. The summed E-state index contributed by atoms with van der Waals surface area (Å²) in [5, 5.41) is 0.114.